The molecule has 1 aliphatic heterocycles. The smallest absolute Gasteiger partial charge is 0.263 e. The fourth-order valence-electron chi connectivity index (χ4n) is 2.13. The molecular formula is C12H19N3O3S2. The van der Waals surface area contributed by atoms with Gasteiger partial charge in [0.15, 0.2) is 0 Å². The number of aryl methyl sites for hydroxylation is 2. The molecule has 1 saturated heterocycles. The lowest BCUT2D eigenvalue weighted by molar-refractivity contribution is 0.0955. The lowest BCUT2D eigenvalue weighted by Crippen LogP contribution is -2.35. The lowest BCUT2D eigenvalue weighted by atomic mass is 10.3. The Bertz CT molecular complexity index is 595. The Morgan fingerprint density at radius 2 is 2.25 bits per heavy atom. The van der Waals surface area contributed by atoms with Crippen LogP contribution in [-0.4, -0.2) is 49.0 Å². The van der Waals surface area contributed by atoms with Gasteiger partial charge >= 0.3 is 0 Å². The Morgan fingerprint density at radius 3 is 2.80 bits per heavy atom. The first-order chi connectivity index (χ1) is 9.44. The fraction of sp³-hybridized carbons (Fsp3) is 0.667. The average molecular weight is 317 g/mol. The number of hydrogen-bond donors (Lipinski definition) is 1. The van der Waals surface area contributed by atoms with Gasteiger partial charge in [-0.05, 0) is 19.8 Å². The summed E-state index contributed by atoms with van der Waals surface area (Å²) < 4.78 is 24.7. The fourth-order valence-corrected chi connectivity index (χ4v) is 4.58. The molecule has 112 valence electrons. The van der Waals surface area contributed by atoms with Crippen LogP contribution in [0.3, 0.4) is 0 Å². The number of amides is 1. The number of thiazole rings is 1. The molecule has 0 saturated carbocycles. The highest BCUT2D eigenvalue weighted by atomic mass is 32.2. The van der Waals surface area contributed by atoms with Crippen LogP contribution in [0.5, 0.6) is 0 Å². The van der Waals surface area contributed by atoms with Crippen molar-refractivity contribution in [3.63, 3.8) is 0 Å². The van der Waals surface area contributed by atoms with Crippen LogP contribution in [0.4, 0.5) is 0 Å². The van der Waals surface area contributed by atoms with E-state index in [2.05, 4.69) is 10.3 Å². The zero-order valence-electron chi connectivity index (χ0n) is 11.7. The van der Waals surface area contributed by atoms with Crippen molar-refractivity contribution in [1.82, 2.24) is 14.6 Å². The largest absolute Gasteiger partial charge is 0.350 e. The summed E-state index contributed by atoms with van der Waals surface area (Å²) in [4.78, 5) is 16.9. The molecule has 1 aromatic rings. The molecule has 0 aliphatic carbocycles. The third-order valence-corrected chi connectivity index (χ3v) is 6.46. The molecule has 0 radical (unpaired) electrons. The average Bonchev–Trinajstić information content (AvgIpc) is 2.92. The van der Waals surface area contributed by atoms with Gasteiger partial charge < -0.3 is 5.32 Å². The lowest BCUT2D eigenvalue weighted by Gasteiger charge is -2.14. The third kappa shape index (κ3) is 3.36. The van der Waals surface area contributed by atoms with Gasteiger partial charge in [0.1, 0.15) is 4.88 Å². The molecule has 6 nitrogen and oxygen atoms in total. The molecule has 1 aliphatic rings. The highest BCUT2D eigenvalue weighted by Crippen LogP contribution is 2.18. The minimum Gasteiger partial charge on any atom is -0.350 e. The van der Waals surface area contributed by atoms with E-state index < -0.39 is 10.0 Å². The van der Waals surface area contributed by atoms with Gasteiger partial charge in [0.05, 0.1) is 16.5 Å². The summed E-state index contributed by atoms with van der Waals surface area (Å²) in [5.41, 5.74) is 0.734. The highest BCUT2D eigenvalue weighted by molar-refractivity contribution is 7.89. The van der Waals surface area contributed by atoms with E-state index in [0.29, 0.717) is 30.9 Å². The predicted octanol–water partition coefficient (Wildman–Crippen LogP) is 0.779. The third-order valence-electron chi connectivity index (χ3n) is 3.20. The van der Waals surface area contributed by atoms with Gasteiger partial charge in [-0.1, -0.05) is 6.92 Å². The Labute approximate surface area is 123 Å². The maximum Gasteiger partial charge on any atom is 0.263 e. The Balaban J connectivity index is 1.88. The van der Waals surface area contributed by atoms with E-state index in [1.165, 1.54) is 15.6 Å². The molecule has 1 amide bonds. The minimum atomic E-state index is -3.09. The van der Waals surface area contributed by atoms with Gasteiger partial charge in [0, 0.05) is 19.6 Å². The summed E-state index contributed by atoms with van der Waals surface area (Å²) in [5.74, 6) is 0.0469. The van der Waals surface area contributed by atoms with Gasteiger partial charge in [-0.3, -0.25) is 4.79 Å². The molecule has 2 rings (SSSR count). The molecule has 0 aromatic carbocycles. The van der Waals surface area contributed by atoms with Crippen LogP contribution >= 0.6 is 11.3 Å². The van der Waals surface area contributed by atoms with Crippen LogP contribution in [0, 0.1) is 6.92 Å². The van der Waals surface area contributed by atoms with E-state index >= 15 is 0 Å². The van der Waals surface area contributed by atoms with Crippen molar-refractivity contribution < 1.29 is 13.2 Å². The number of nitrogens with one attached hydrogen (secondary N) is 1. The normalized spacial score (nSPS) is 18.3. The van der Waals surface area contributed by atoms with Gasteiger partial charge in [0.25, 0.3) is 5.91 Å². The van der Waals surface area contributed by atoms with Crippen LogP contribution in [0.15, 0.2) is 0 Å². The second-order valence-electron chi connectivity index (χ2n) is 4.70. The first-order valence-corrected chi connectivity index (χ1v) is 9.09. The molecule has 0 spiro atoms. The monoisotopic (exact) mass is 317 g/mol. The summed E-state index contributed by atoms with van der Waals surface area (Å²) in [6.07, 6.45) is 1.48. The number of nitrogens with zero attached hydrogens (tertiary/aromatic N) is 2. The highest BCUT2D eigenvalue weighted by Gasteiger charge is 2.27. The number of carbonyl (C=O) groups excluding carboxylic acids is 1. The van der Waals surface area contributed by atoms with Gasteiger partial charge in [0.2, 0.25) is 10.0 Å². The maximum absolute atomic E-state index is 12.0. The van der Waals surface area contributed by atoms with Gasteiger partial charge in [-0.15, -0.1) is 11.3 Å². The SMILES string of the molecule is CCc1nc(C)c(C(=O)NCCN2CCCS2(=O)=O)s1. The quantitative estimate of drug-likeness (QED) is 0.870. The first kappa shape index (κ1) is 15.4. The van der Waals surface area contributed by atoms with Crippen LogP contribution in [0.1, 0.15) is 33.7 Å². The van der Waals surface area contributed by atoms with Crippen molar-refractivity contribution in [3.05, 3.63) is 15.6 Å². The van der Waals surface area contributed by atoms with Crippen molar-refractivity contribution in [3.8, 4) is 0 Å². The second-order valence-corrected chi connectivity index (χ2v) is 7.87. The number of sulfonamides is 1. The van der Waals surface area contributed by atoms with E-state index in [0.717, 1.165) is 17.1 Å². The van der Waals surface area contributed by atoms with Crippen molar-refractivity contribution in [1.29, 1.82) is 0 Å². The first-order valence-electron chi connectivity index (χ1n) is 6.66. The number of aromatic nitrogens is 1. The zero-order chi connectivity index (χ0) is 14.8. The molecule has 0 unspecified atom stereocenters. The van der Waals surface area contributed by atoms with Crippen molar-refractivity contribution in [2.75, 3.05) is 25.4 Å². The van der Waals surface area contributed by atoms with Crippen molar-refractivity contribution in [2.24, 2.45) is 0 Å². The molecule has 1 N–H and O–H groups in total. The van der Waals surface area contributed by atoms with E-state index in [1.807, 2.05) is 13.8 Å². The van der Waals surface area contributed by atoms with E-state index in [4.69, 9.17) is 0 Å². The predicted molar refractivity (Wildman–Crippen MR) is 78.5 cm³/mol. The van der Waals surface area contributed by atoms with Crippen LogP contribution in [0.2, 0.25) is 0 Å². The van der Waals surface area contributed by atoms with Gasteiger partial charge in [-0.25, -0.2) is 17.7 Å². The zero-order valence-corrected chi connectivity index (χ0v) is 13.3. The second kappa shape index (κ2) is 6.19. The summed E-state index contributed by atoms with van der Waals surface area (Å²) in [6, 6.07) is 0. The number of hydrogen-bond acceptors (Lipinski definition) is 5. The molecule has 20 heavy (non-hydrogen) atoms. The standard InChI is InChI=1S/C12H19N3O3S2/c1-3-10-14-9(2)11(19-10)12(16)13-5-7-15-6-4-8-20(15,17)18/h3-8H2,1-2H3,(H,13,16). The molecule has 1 aromatic heterocycles. The summed E-state index contributed by atoms with van der Waals surface area (Å²) in [5, 5.41) is 3.71. The Morgan fingerprint density at radius 1 is 1.50 bits per heavy atom. The van der Waals surface area contributed by atoms with Crippen molar-refractivity contribution in [2.45, 2.75) is 26.7 Å². The van der Waals surface area contributed by atoms with E-state index in [1.54, 1.807) is 0 Å². The molecule has 2 heterocycles. The molecule has 8 heteroatoms. The number of carbonyl (C=O) groups is 1. The molecular weight excluding hydrogens is 298 g/mol. The summed E-state index contributed by atoms with van der Waals surface area (Å²) in [6.45, 7) is 5.04. The van der Waals surface area contributed by atoms with Crippen LogP contribution in [-0.2, 0) is 16.4 Å². The Kier molecular flexibility index (Phi) is 4.77. The molecule has 0 atom stereocenters. The minimum absolute atomic E-state index is 0.170. The maximum atomic E-state index is 12.0. The van der Waals surface area contributed by atoms with Gasteiger partial charge in [-0.2, -0.15) is 0 Å². The molecule has 0 bridgehead atoms. The van der Waals surface area contributed by atoms with Crippen LogP contribution in [0.25, 0.3) is 0 Å². The molecule has 1 fully saturated rings. The van der Waals surface area contributed by atoms with E-state index in [-0.39, 0.29) is 11.7 Å². The Hall–Kier alpha value is -0.990. The topological polar surface area (TPSA) is 79.4 Å². The van der Waals surface area contributed by atoms with E-state index in [9.17, 15) is 13.2 Å². The number of rotatable bonds is 5. The summed E-state index contributed by atoms with van der Waals surface area (Å²) >= 11 is 1.40. The summed E-state index contributed by atoms with van der Waals surface area (Å²) in [7, 11) is -3.09. The van der Waals surface area contributed by atoms with Crippen LogP contribution < -0.4 is 5.32 Å². The van der Waals surface area contributed by atoms with Crippen molar-refractivity contribution >= 4 is 27.3 Å².